The molecule has 0 aromatic heterocycles. The number of amides is 2. The van der Waals surface area contributed by atoms with Crippen molar-refractivity contribution in [1.82, 2.24) is 5.32 Å². The fourth-order valence-corrected chi connectivity index (χ4v) is 0.972. The fraction of sp³-hybridized carbons (Fsp3) is 0.182. The lowest BCUT2D eigenvalue weighted by Crippen LogP contribution is -2.24. The van der Waals surface area contributed by atoms with Crippen LogP contribution in [0.3, 0.4) is 0 Å². The number of carbonyl (C=O) groups excluding carboxylic acids is 1. The lowest BCUT2D eigenvalue weighted by molar-refractivity contribution is 0.254. The summed E-state index contributed by atoms with van der Waals surface area (Å²) < 4.78 is 0. The van der Waals surface area contributed by atoms with Crippen LogP contribution in [-0.4, -0.2) is 24.8 Å². The number of urea groups is 1. The molecule has 4 heteroatoms. The Balaban J connectivity index is 2.68. The summed E-state index contributed by atoms with van der Waals surface area (Å²) in [5.74, 6) is 5.30. The first kappa shape index (κ1) is 11.1. The number of benzene rings is 1. The standard InChI is InChI=1S/C11H12N2O2/c1-12-11(15)13-10-6-4-9(5-7-10)3-2-8-14/h4-7,14H,8H2,1H3,(H2,12,13,15). The summed E-state index contributed by atoms with van der Waals surface area (Å²) in [7, 11) is 1.55. The molecule has 4 nitrogen and oxygen atoms in total. The highest BCUT2D eigenvalue weighted by Crippen LogP contribution is 2.08. The van der Waals surface area contributed by atoms with Gasteiger partial charge in [-0.25, -0.2) is 4.79 Å². The molecule has 3 N–H and O–H groups in total. The van der Waals surface area contributed by atoms with E-state index in [9.17, 15) is 4.79 Å². The molecule has 1 aromatic rings. The molecule has 0 aliphatic carbocycles. The lowest BCUT2D eigenvalue weighted by Gasteiger charge is -2.03. The van der Waals surface area contributed by atoms with E-state index in [1.54, 1.807) is 31.3 Å². The third kappa shape index (κ3) is 3.71. The first-order valence-corrected chi connectivity index (χ1v) is 4.45. The number of aliphatic hydroxyl groups excluding tert-OH is 1. The Morgan fingerprint density at radius 2 is 2.07 bits per heavy atom. The molecule has 2 amide bonds. The van der Waals surface area contributed by atoms with Gasteiger partial charge in [-0.3, -0.25) is 0 Å². The quantitative estimate of drug-likeness (QED) is 0.592. The molecule has 15 heavy (non-hydrogen) atoms. The molecule has 0 heterocycles. The number of rotatable bonds is 1. The van der Waals surface area contributed by atoms with E-state index < -0.39 is 0 Å². The van der Waals surface area contributed by atoms with Crippen LogP contribution in [0.4, 0.5) is 10.5 Å². The highest BCUT2D eigenvalue weighted by Gasteiger charge is 1.96. The van der Waals surface area contributed by atoms with Crippen molar-refractivity contribution in [3.63, 3.8) is 0 Å². The first-order chi connectivity index (χ1) is 7.26. The third-order valence-electron chi connectivity index (χ3n) is 1.68. The van der Waals surface area contributed by atoms with E-state index in [1.165, 1.54) is 0 Å². The molecular formula is C11H12N2O2. The minimum Gasteiger partial charge on any atom is -0.384 e. The van der Waals surface area contributed by atoms with Gasteiger partial charge in [-0.15, -0.1) is 0 Å². The van der Waals surface area contributed by atoms with E-state index in [4.69, 9.17) is 5.11 Å². The summed E-state index contributed by atoms with van der Waals surface area (Å²) in [6.45, 7) is -0.155. The largest absolute Gasteiger partial charge is 0.384 e. The van der Waals surface area contributed by atoms with Gasteiger partial charge in [0, 0.05) is 18.3 Å². The highest BCUT2D eigenvalue weighted by molar-refractivity contribution is 5.88. The second-order valence-corrected chi connectivity index (χ2v) is 2.74. The molecule has 1 rings (SSSR count). The van der Waals surface area contributed by atoms with Crippen LogP contribution in [-0.2, 0) is 0 Å². The normalized spacial score (nSPS) is 8.67. The van der Waals surface area contributed by atoms with E-state index in [-0.39, 0.29) is 12.6 Å². The predicted octanol–water partition coefficient (Wildman–Crippen LogP) is 0.782. The molecule has 0 atom stereocenters. The molecule has 1 aromatic carbocycles. The van der Waals surface area contributed by atoms with Crippen molar-refractivity contribution < 1.29 is 9.90 Å². The Labute approximate surface area is 88.3 Å². The monoisotopic (exact) mass is 204 g/mol. The summed E-state index contributed by atoms with van der Waals surface area (Å²) in [5, 5.41) is 13.6. The van der Waals surface area contributed by atoms with Crippen molar-refractivity contribution in [2.75, 3.05) is 19.0 Å². The summed E-state index contributed by atoms with van der Waals surface area (Å²) >= 11 is 0. The Morgan fingerprint density at radius 1 is 1.40 bits per heavy atom. The number of carbonyl (C=O) groups is 1. The van der Waals surface area contributed by atoms with Gasteiger partial charge in [0.25, 0.3) is 0 Å². The molecule has 0 aliphatic rings. The number of aliphatic hydroxyl groups is 1. The minimum absolute atomic E-state index is 0.155. The zero-order chi connectivity index (χ0) is 11.1. The van der Waals surface area contributed by atoms with Crippen LogP contribution in [0.25, 0.3) is 0 Å². The fourth-order valence-electron chi connectivity index (χ4n) is 0.972. The van der Waals surface area contributed by atoms with Crippen LogP contribution in [0.15, 0.2) is 24.3 Å². The van der Waals surface area contributed by atoms with Gasteiger partial charge >= 0.3 is 6.03 Å². The van der Waals surface area contributed by atoms with Gasteiger partial charge in [-0.2, -0.15) is 0 Å². The number of anilines is 1. The third-order valence-corrected chi connectivity index (χ3v) is 1.68. The van der Waals surface area contributed by atoms with Gasteiger partial charge in [0.1, 0.15) is 6.61 Å². The van der Waals surface area contributed by atoms with E-state index >= 15 is 0 Å². The van der Waals surface area contributed by atoms with Crippen LogP contribution in [0.5, 0.6) is 0 Å². The average molecular weight is 204 g/mol. The van der Waals surface area contributed by atoms with Gasteiger partial charge in [0.05, 0.1) is 0 Å². The number of nitrogens with one attached hydrogen (secondary N) is 2. The molecule has 0 spiro atoms. The van der Waals surface area contributed by atoms with E-state index in [0.29, 0.717) is 5.69 Å². The SMILES string of the molecule is CNC(=O)Nc1ccc(C#CCO)cc1. The van der Waals surface area contributed by atoms with Crippen molar-refractivity contribution in [1.29, 1.82) is 0 Å². The van der Waals surface area contributed by atoms with E-state index in [0.717, 1.165) is 5.56 Å². The van der Waals surface area contributed by atoms with Gasteiger partial charge in [-0.05, 0) is 24.3 Å². The molecule has 78 valence electrons. The maximum Gasteiger partial charge on any atom is 0.318 e. The first-order valence-electron chi connectivity index (χ1n) is 4.45. The maximum absolute atomic E-state index is 11.0. The molecule has 0 bridgehead atoms. The molecule has 0 saturated heterocycles. The van der Waals surface area contributed by atoms with Crippen molar-refractivity contribution >= 4 is 11.7 Å². The Bertz CT molecular complexity index is 387. The zero-order valence-electron chi connectivity index (χ0n) is 8.37. The van der Waals surface area contributed by atoms with E-state index in [2.05, 4.69) is 22.5 Å². The number of hydrogen-bond donors (Lipinski definition) is 3. The molecule has 0 saturated carbocycles. The zero-order valence-corrected chi connectivity index (χ0v) is 8.37. The summed E-state index contributed by atoms with van der Waals surface area (Å²) in [6.07, 6.45) is 0. The molecule has 0 unspecified atom stereocenters. The molecule has 0 aliphatic heterocycles. The average Bonchev–Trinajstić information content (AvgIpc) is 2.28. The molecular weight excluding hydrogens is 192 g/mol. The van der Waals surface area contributed by atoms with Crippen molar-refractivity contribution in [3.05, 3.63) is 29.8 Å². The van der Waals surface area contributed by atoms with E-state index in [1.807, 2.05) is 0 Å². The van der Waals surface area contributed by atoms with Crippen molar-refractivity contribution in [3.8, 4) is 11.8 Å². The number of hydrogen-bond acceptors (Lipinski definition) is 2. The van der Waals surface area contributed by atoms with Crippen molar-refractivity contribution in [2.45, 2.75) is 0 Å². The predicted molar refractivity (Wildman–Crippen MR) is 58.5 cm³/mol. The van der Waals surface area contributed by atoms with Crippen LogP contribution in [0.1, 0.15) is 5.56 Å². The van der Waals surface area contributed by atoms with Crippen LogP contribution in [0, 0.1) is 11.8 Å². The van der Waals surface area contributed by atoms with Crippen molar-refractivity contribution in [2.24, 2.45) is 0 Å². The Kier molecular flexibility index (Phi) is 4.20. The van der Waals surface area contributed by atoms with Crippen LogP contribution < -0.4 is 10.6 Å². The molecule has 0 fully saturated rings. The lowest BCUT2D eigenvalue weighted by atomic mass is 10.2. The van der Waals surface area contributed by atoms with Gasteiger partial charge in [0.15, 0.2) is 0 Å². The highest BCUT2D eigenvalue weighted by atomic mass is 16.2. The summed E-state index contributed by atoms with van der Waals surface area (Å²) in [4.78, 5) is 11.0. The Morgan fingerprint density at radius 3 is 2.60 bits per heavy atom. The maximum atomic E-state index is 11.0. The smallest absolute Gasteiger partial charge is 0.318 e. The summed E-state index contributed by atoms with van der Waals surface area (Å²) in [5.41, 5.74) is 1.50. The second-order valence-electron chi connectivity index (χ2n) is 2.74. The minimum atomic E-state index is -0.260. The topological polar surface area (TPSA) is 61.4 Å². The van der Waals surface area contributed by atoms with Gasteiger partial charge in [0.2, 0.25) is 0 Å². The van der Waals surface area contributed by atoms with Gasteiger partial charge in [-0.1, -0.05) is 11.8 Å². The van der Waals surface area contributed by atoms with Crippen LogP contribution in [0.2, 0.25) is 0 Å². The second kappa shape index (κ2) is 5.68. The van der Waals surface area contributed by atoms with Gasteiger partial charge < -0.3 is 15.7 Å². The van der Waals surface area contributed by atoms with Crippen LogP contribution >= 0.6 is 0 Å². The summed E-state index contributed by atoms with van der Waals surface area (Å²) in [6, 6.07) is 6.78. The molecule has 0 radical (unpaired) electrons. The Hall–Kier alpha value is -1.99.